The van der Waals surface area contributed by atoms with E-state index in [2.05, 4.69) is 72.3 Å². The van der Waals surface area contributed by atoms with Gasteiger partial charge in [0.2, 0.25) is 0 Å². The molecule has 1 aliphatic heterocycles. The molecule has 25 heavy (non-hydrogen) atoms. The van der Waals surface area contributed by atoms with Gasteiger partial charge in [-0.25, -0.2) is 0 Å². The monoisotopic (exact) mass is 356 g/mol. The number of para-hydroxylation sites is 1. The molecule has 0 N–H and O–H groups in total. The summed E-state index contributed by atoms with van der Waals surface area (Å²) < 4.78 is 6.24. The predicted octanol–water partition coefficient (Wildman–Crippen LogP) is 4.50. The molecule has 4 heteroatoms. The fraction of sp³-hybridized carbons (Fsp3) is 0.333. The molecular weight excluding hydrogens is 332 g/mol. The van der Waals surface area contributed by atoms with E-state index in [0.29, 0.717) is 0 Å². The van der Waals surface area contributed by atoms with Crippen LogP contribution >= 0.6 is 12.4 Å². The van der Waals surface area contributed by atoms with Crippen LogP contribution in [0.2, 0.25) is 0 Å². The van der Waals surface area contributed by atoms with Crippen molar-refractivity contribution in [3.05, 3.63) is 71.5 Å². The van der Waals surface area contributed by atoms with E-state index in [9.17, 15) is 0 Å². The number of likely N-dealkylation sites (N-methyl/N-ethyl adjacent to an activating group) is 1. The van der Waals surface area contributed by atoms with Crippen molar-refractivity contribution in [2.75, 3.05) is 33.2 Å². The standard InChI is InChI=1S/C21H24N2O.ClH/c1-16-7-9-17(10-8-16)21(23-13-11-22(2)12-14-23)20-15-18-5-3-4-6-19(18)24-20;/h3-10,15,21H,11-14H2,1-2H3;1H. The minimum absolute atomic E-state index is 0. The maximum atomic E-state index is 6.24. The molecule has 1 aliphatic rings. The smallest absolute Gasteiger partial charge is 0.134 e. The molecule has 2 heterocycles. The number of rotatable bonds is 3. The van der Waals surface area contributed by atoms with Crippen LogP contribution in [0, 0.1) is 6.92 Å². The Morgan fingerprint density at radius 3 is 2.28 bits per heavy atom. The van der Waals surface area contributed by atoms with E-state index < -0.39 is 0 Å². The Morgan fingerprint density at radius 1 is 0.920 bits per heavy atom. The van der Waals surface area contributed by atoms with Crippen molar-refractivity contribution >= 4 is 23.4 Å². The Labute approximate surface area is 155 Å². The average Bonchev–Trinajstić information content (AvgIpc) is 3.02. The molecule has 4 rings (SSSR count). The van der Waals surface area contributed by atoms with Gasteiger partial charge in [0.15, 0.2) is 0 Å². The summed E-state index contributed by atoms with van der Waals surface area (Å²) in [4.78, 5) is 4.93. The minimum atomic E-state index is 0. The second-order valence-electron chi connectivity index (χ2n) is 6.84. The maximum Gasteiger partial charge on any atom is 0.134 e. The van der Waals surface area contributed by atoms with Crippen molar-refractivity contribution in [2.45, 2.75) is 13.0 Å². The Morgan fingerprint density at radius 2 is 1.60 bits per heavy atom. The van der Waals surface area contributed by atoms with Gasteiger partial charge in [0, 0.05) is 31.6 Å². The van der Waals surface area contributed by atoms with Gasteiger partial charge in [-0.05, 0) is 31.7 Å². The molecule has 132 valence electrons. The summed E-state index contributed by atoms with van der Waals surface area (Å²) in [6.07, 6.45) is 0. The normalized spacial score (nSPS) is 17.4. The zero-order valence-electron chi connectivity index (χ0n) is 14.8. The van der Waals surface area contributed by atoms with Crippen molar-refractivity contribution in [1.29, 1.82) is 0 Å². The van der Waals surface area contributed by atoms with Crippen molar-refractivity contribution < 1.29 is 4.42 Å². The van der Waals surface area contributed by atoms with Crippen LogP contribution in [0.4, 0.5) is 0 Å². The summed E-state index contributed by atoms with van der Waals surface area (Å²) >= 11 is 0. The number of hydrogen-bond acceptors (Lipinski definition) is 3. The topological polar surface area (TPSA) is 19.6 Å². The number of halogens is 1. The number of furan rings is 1. The highest BCUT2D eigenvalue weighted by Gasteiger charge is 2.28. The van der Waals surface area contributed by atoms with Gasteiger partial charge in [0.05, 0.1) is 6.04 Å². The zero-order chi connectivity index (χ0) is 16.5. The summed E-state index contributed by atoms with van der Waals surface area (Å²) in [6, 6.07) is 19.5. The maximum absolute atomic E-state index is 6.24. The number of aryl methyl sites for hydroxylation is 1. The highest BCUT2D eigenvalue weighted by atomic mass is 35.5. The third-order valence-electron chi connectivity index (χ3n) is 5.01. The van der Waals surface area contributed by atoms with E-state index in [1.54, 1.807) is 0 Å². The van der Waals surface area contributed by atoms with Crippen LogP contribution in [0.1, 0.15) is 22.9 Å². The minimum Gasteiger partial charge on any atom is -0.459 e. The average molecular weight is 357 g/mol. The quantitative estimate of drug-likeness (QED) is 0.689. The summed E-state index contributed by atoms with van der Waals surface area (Å²) in [7, 11) is 2.19. The van der Waals surface area contributed by atoms with Crippen molar-refractivity contribution in [3.8, 4) is 0 Å². The molecular formula is C21H25ClN2O. The molecule has 3 aromatic rings. The molecule has 1 fully saturated rings. The van der Waals surface area contributed by atoms with Gasteiger partial charge in [0.25, 0.3) is 0 Å². The Bertz CT molecular complexity index is 786. The highest BCUT2D eigenvalue weighted by molar-refractivity contribution is 5.85. The fourth-order valence-corrected chi connectivity index (χ4v) is 3.52. The Hall–Kier alpha value is -1.81. The number of nitrogens with zero attached hydrogens (tertiary/aromatic N) is 2. The third-order valence-corrected chi connectivity index (χ3v) is 5.01. The van der Waals surface area contributed by atoms with E-state index in [4.69, 9.17) is 4.42 Å². The molecule has 1 atom stereocenters. The SMILES string of the molecule is Cc1ccc(C(c2cc3ccccc3o2)N2CCN(C)CC2)cc1.Cl. The molecule has 1 unspecified atom stereocenters. The number of fused-ring (bicyclic) bond motifs is 1. The van der Waals surface area contributed by atoms with Gasteiger partial charge in [0.1, 0.15) is 11.3 Å². The van der Waals surface area contributed by atoms with Crippen molar-refractivity contribution in [2.24, 2.45) is 0 Å². The fourth-order valence-electron chi connectivity index (χ4n) is 3.52. The molecule has 3 nitrogen and oxygen atoms in total. The first-order valence-corrected chi connectivity index (χ1v) is 8.68. The van der Waals surface area contributed by atoms with Gasteiger partial charge >= 0.3 is 0 Å². The molecule has 0 aliphatic carbocycles. The van der Waals surface area contributed by atoms with Crippen LogP contribution in [0.5, 0.6) is 0 Å². The lowest BCUT2D eigenvalue weighted by atomic mass is 10.0. The van der Waals surface area contributed by atoms with E-state index in [0.717, 1.165) is 37.5 Å². The van der Waals surface area contributed by atoms with Gasteiger partial charge < -0.3 is 9.32 Å². The summed E-state index contributed by atoms with van der Waals surface area (Å²) in [5, 5.41) is 1.18. The molecule has 1 saturated heterocycles. The van der Waals surface area contributed by atoms with Crippen LogP contribution in [0.3, 0.4) is 0 Å². The summed E-state index contributed by atoms with van der Waals surface area (Å²) in [6.45, 7) is 6.46. The molecule has 2 aromatic carbocycles. The molecule has 0 radical (unpaired) electrons. The van der Waals surface area contributed by atoms with E-state index in [1.807, 2.05) is 6.07 Å². The van der Waals surface area contributed by atoms with Crippen LogP contribution in [0.25, 0.3) is 11.0 Å². The lowest BCUT2D eigenvalue weighted by molar-refractivity contribution is 0.118. The first kappa shape index (κ1) is 18.0. The molecule has 1 aromatic heterocycles. The molecule has 0 saturated carbocycles. The van der Waals surface area contributed by atoms with E-state index >= 15 is 0 Å². The first-order valence-electron chi connectivity index (χ1n) is 8.68. The number of hydrogen-bond donors (Lipinski definition) is 0. The summed E-state index contributed by atoms with van der Waals surface area (Å²) in [5.41, 5.74) is 3.57. The van der Waals surface area contributed by atoms with Crippen LogP contribution in [-0.2, 0) is 0 Å². The van der Waals surface area contributed by atoms with Crippen LogP contribution in [0.15, 0.2) is 59.0 Å². The van der Waals surface area contributed by atoms with Crippen molar-refractivity contribution in [1.82, 2.24) is 9.80 Å². The Balaban J connectivity index is 0.00000182. The lowest BCUT2D eigenvalue weighted by Gasteiger charge is -2.37. The first-order chi connectivity index (χ1) is 11.7. The van der Waals surface area contributed by atoms with E-state index in [1.165, 1.54) is 16.5 Å². The zero-order valence-corrected chi connectivity index (χ0v) is 15.6. The van der Waals surface area contributed by atoms with Gasteiger partial charge in [-0.15, -0.1) is 12.4 Å². The number of piperazine rings is 1. The largest absolute Gasteiger partial charge is 0.459 e. The Kier molecular flexibility index (Phi) is 5.48. The van der Waals surface area contributed by atoms with Crippen LogP contribution < -0.4 is 0 Å². The molecule has 0 amide bonds. The highest BCUT2D eigenvalue weighted by Crippen LogP contribution is 2.33. The third kappa shape index (κ3) is 3.74. The predicted molar refractivity (Wildman–Crippen MR) is 106 cm³/mol. The van der Waals surface area contributed by atoms with Crippen LogP contribution in [-0.4, -0.2) is 43.0 Å². The molecule has 0 spiro atoms. The van der Waals surface area contributed by atoms with Gasteiger partial charge in [-0.1, -0.05) is 48.0 Å². The number of benzene rings is 2. The van der Waals surface area contributed by atoms with Gasteiger partial charge in [-0.2, -0.15) is 0 Å². The lowest BCUT2D eigenvalue weighted by Crippen LogP contribution is -2.46. The summed E-state index contributed by atoms with van der Waals surface area (Å²) in [5.74, 6) is 1.05. The molecule has 0 bridgehead atoms. The van der Waals surface area contributed by atoms with E-state index in [-0.39, 0.29) is 18.4 Å². The second kappa shape index (κ2) is 7.61. The van der Waals surface area contributed by atoms with Gasteiger partial charge in [-0.3, -0.25) is 4.90 Å². The van der Waals surface area contributed by atoms with Crippen molar-refractivity contribution in [3.63, 3.8) is 0 Å². The second-order valence-corrected chi connectivity index (χ2v) is 6.84.